The average molecular weight is 173 g/mol. The Morgan fingerprint density at radius 3 is 2.91 bits per heavy atom. The molecule has 0 aromatic carbocycles. The number of hydrogen-bond donors (Lipinski definition) is 3. The molecule has 0 atom stereocenters. The highest BCUT2D eigenvalue weighted by Crippen LogP contribution is 1.81. The van der Waals surface area contributed by atoms with E-state index in [9.17, 15) is 0 Å². The lowest BCUT2D eigenvalue weighted by Gasteiger charge is -2.05. The molecule has 0 aromatic heterocycles. The molecule has 64 valence electrons. The molecule has 0 heterocycles. The van der Waals surface area contributed by atoms with Gasteiger partial charge in [-0.2, -0.15) is 0 Å². The molecule has 0 aliphatic heterocycles. The van der Waals surface area contributed by atoms with E-state index in [0.29, 0.717) is 5.11 Å². The second-order valence-corrected chi connectivity index (χ2v) is 2.52. The first-order valence-corrected chi connectivity index (χ1v) is 4.13. The van der Waals surface area contributed by atoms with Crippen molar-refractivity contribution in [3.8, 4) is 0 Å². The van der Waals surface area contributed by atoms with Gasteiger partial charge in [-0.3, -0.25) is 0 Å². The maximum Gasteiger partial charge on any atom is 0.170 e. The molecule has 0 aromatic rings. The third-order valence-corrected chi connectivity index (χ3v) is 1.39. The van der Waals surface area contributed by atoms with Crippen molar-refractivity contribution in [2.45, 2.75) is 19.8 Å². The maximum atomic E-state index is 5.10. The minimum Gasteiger partial charge on any atom is -0.403 e. The zero-order valence-electron chi connectivity index (χ0n) is 6.76. The molecule has 0 spiro atoms. The van der Waals surface area contributed by atoms with E-state index in [1.165, 1.54) is 12.6 Å². The Kier molecular flexibility index (Phi) is 6.82. The van der Waals surface area contributed by atoms with Crippen LogP contribution in [0.2, 0.25) is 0 Å². The zero-order valence-corrected chi connectivity index (χ0v) is 7.58. The van der Waals surface area contributed by atoms with Crippen molar-refractivity contribution >= 4 is 17.3 Å². The van der Waals surface area contributed by atoms with E-state index in [1.54, 1.807) is 6.20 Å². The largest absolute Gasteiger partial charge is 0.403 e. The summed E-state index contributed by atoms with van der Waals surface area (Å²) >= 11 is 4.90. The van der Waals surface area contributed by atoms with Crippen LogP contribution >= 0.6 is 12.2 Å². The van der Waals surface area contributed by atoms with Crippen LogP contribution in [0.25, 0.3) is 0 Å². The van der Waals surface area contributed by atoms with Gasteiger partial charge < -0.3 is 16.4 Å². The fourth-order valence-corrected chi connectivity index (χ4v) is 0.724. The summed E-state index contributed by atoms with van der Waals surface area (Å²) in [5, 5.41) is 6.46. The average Bonchev–Trinajstić information content (AvgIpc) is 2.01. The number of hydrogen-bond acceptors (Lipinski definition) is 2. The van der Waals surface area contributed by atoms with Crippen LogP contribution in [0.1, 0.15) is 19.8 Å². The van der Waals surface area contributed by atoms with Gasteiger partial charge in [0.15, 0.2) is 5.11 Å². The Morgan fingerprint density at radius 2 is 2.36 bits per heavy atom. The quantitative estimate of drug-likeness (QED) is 0.432. The fourth-order valence-electron chi connectivity index (χ4n) is 0.554. The van der Waals surface area contributed by atoms with Gasteiger partial charge in [-0.25, -0.2) is 0 Å². The predicted octanol–water partition coefficient (Wildman–Crippen LogP) is 0.681. The standard InChI is InChI=1S/C7H15N3S/c1-2-3-5-9-7(11)10-6-4-8/h4,6H,2-3,5,8H2,1H3,(H2,9,10,11)/b6-4+. The molecule has 0 amide bonds. The van der Waals surface area contributed by atoms with Crippen LogP contribution in [0.15, 0.2) is 12.4 Å². The molecule has 0 unspecified atom stereocenters. The molecule has 0 radical (unpaired) electrons. The summed E-state index contributed by atoms with van der Waals surface area (Å²) in [7, 11) is 0. The zero-order chi connectivity index (χ0) is 8.53. The van der Waals surface area contributed by atoms with Crippen LogP contribution in [0.5, 0.6) is 0 Å². The highest BCUT2D eigenvalue weighted by Gasteiger charge is 1.88. The lowest BCUT2D eigenvalue weighted by Crippen LogP contribution is -2.32. The maximum absolute atomic E-state index is 5.10. The van der Waals surface area contributed by atoms with E-state index in [-0.39, 0.29) is 0 Å². The van der Waals surface area contributed by atoms with E-state index in [2.05, 4.69) is 17.6 Å². The summed E-state index contributed by atoms with van der Waals surface area (Å²) in [6.45, 7) is 3.05. The molecular weight excluding hydrogens is 158 g/mol. The van der Waals surface area contributed by atoms with Crippen molar-refractivity contribution in [1.82, 2.24) is 10.6 Å². The monoisotopic (exact) mass is 173 g/mol. The van der Waals surface area contributed by atoms with Gasteiger partial charge in [0, 0.05) is 18.9 Å². The minimum atomic E-state index is 0.625. The summed E-state index contributed by atoms with van der Waals surface area (Å²) in [5.41, 5.74) is 5.10. The van der Waals surface area contributed by atoms with Gasteiger partial charge >= 0.3 is 0 Å². The Morgan fingerprint density at radius 1 is 1.64 bits per heavy atom. The number of unbranched alkanes of at least 4 members (excludes halogenated alkanes) is 1. The number of nitrogens with one attached hydrogen (secondary N) is 2. The van der Waals surface area contributed by atoms with Crippen molar-refractivity contribution in [3.63, 3.8) is 0 Å². The van der Waals surface area contributed by atoms with Gasteiger partial charge in [0.1, 0.15) is 0 Å². The van der Waals surface area contributed by atoms with E-state index in [0.717, 1.165) is 13.0 Å². The smallest absolute Gasteiger partial charge is 0.170 e. The molecule has 0 aliphatic rings. The SMILES string of the molecule is CCCCNC(=S)N/C=C/N. The van der Waals surface area contributed by atoms with Gasteiger partial charge in [-0.15, -0.1) is 0 Å². The van der Waals surface area contributed by atoms with Crippen molar-refractivity contribution in [2.24, 2.45) is 5.73 Å². The summed E-state index contributed by atoms with van der Waals surface area (Å²) in [6.07, 6.45) is 5.31. The van der Waals surface area contributed by atoms with Gasteiger partial charge in [0.05, 0.1) is 0 Å². The first kappa shape index (κ1) is 10.2. The molecule has 0 bridgehead atoms. The van der Waals surface area contributed by atoms with Crippen molar-refractivity contribution in [2.75, 3.05) is 6.54 Å². The summed E-state index contributed by atoms with van der Waals surface area (Å²) in [5.74, 6) is 0. The van der Waals surface area contributed by atoms with Gasteiger partial charge in [-0.1, -0.05) is 13.3 Å². The molecule has 0 saturated heterocycles. The van der Waals surface area contributed by atoms with Crippen LogP contribution in [0.3, 0.4) is 0 Å². The van der Waals surface area contributed by atoms with Crippen molar-refractivity contribution in [1.29, 1.82) is 0 Å². The molecule has 0 fully saturated rings. The van der Waals surface area contributed by atoms with Crippen molar-refractivity contribution in [3.05, 3.63) is 12.4 Å². The molecule has 4 N–H and O–H groups in total. The van der Waals surface area contributed by atoms with Crippen LogP contribution in [0.4, 0.5) is 0 Å². The Labute approximate surface area is 73.0 Å². The second kappa shape index (κ2) is 7.34. The molecule has 0 saturated carbocycles. The lowest BCUT2D eigenvalue weighted by molar-refractivity contribution is 0.751. The van der Waals surface area contributed by atoms with E-state index < -0.39 is 0 Å². The molecule has 0 rings (SSSR count). The molecule has 11 heavy (non-hydrogen) atoms. The molecule has 3 nitrogen and oxygen atoms in total. The summed E-state index contributed by atoms with van der Waals surface area (Å²) in [6, 6.07) is 0. The van der Waals surface area contributed by atoms with E-state index >= 15 is 0 Å². The number of nitrogens with two attached hydrogens (primary N) is 1. The Bertz CT molecular complexity index is 134. The summed E-state index contributed by atoms with van der Waals surface area (Å²) in [4.78, 5) is 0. The Hall–Kier alpha value is -0.770. The van der Waals surface area contributed by atoms with Gasteiger partial charge in [0.25, 0.3) is 0 Å². The van der Waals surface area contributed by atoms with Gasteiger partial charge in [-0.05, 0) is 18.6 Å². The third kappa shape index (κ3) is 7.12. The Balaban J connectivity index is 3.23. The van der Waals surface area contributed by atoms with E-state index in [4.69, 9.17) is 18.0 Å². The second-order valence-electron chi connectivity index (χ2n) is 2.11. The van der Waals surface area contributed by atoms with Gasteiger partial charge in [0.2, 0.25) is 0 Å². The topological polar surface area (TPSA) is 50.1 Å². The fraction of sp³-hybridized carbons (Fsp3) is 0.571. The highest BCUT2D eigenvalue weighted by atomic mass is 32.1. The number of thiocarbonyl (C=S) groups is 1. The van der Waals surface area contributed by atoms with E-state index in [1.807, 2.05) is 0 Å². The molecule has 0 aliphatic carbocycles. The predicted molar refractivity (Wildman–Crippen MR) is 52.0 cm³/mol. The molecular formula is C7H15N3S. The lowest BCUT2D eigenvalue weighted by atomic mass is 10.3. The normalized spacial score (nSPS) is 9.91. The highest BCUT2D eigenvalue weighted by molar-refractivity contribution is 7.80. The first-order valence-electron chi connectivity index (χ1n) is 3.72. The van der Waals surface area contributed by atoms with Crippen molar-refractivity contribution < 1.29 is 0 Å². The minimum absolute atomic E-state index is 0.625. The molecule has 4 heteroatoms. The van der Waals surface area contributed by atoms with Crippen LogP contribution < -0.4 is 16.4 Å². The van der Waals surface area contributed by atoms with Crippen LogP contribution in [0, 0.1) is 0 Å². The summed E-state index contributed by atoms with van der Waals surface area (Å²) < 4.78 is 0. The first-order chi connectivity index (χ1) is 5.31. The number of rotatable bonds is 4. The third-order valence-electron chi connectivity index (χ3n) is 1.13. The van der Waals surface area contributed by atoms with Crippen LogP contribution in [-0.4, -0.2) is 11.7 Å². The van der Waals surface area contributed by atoms with Crippen LogP contribution in [-0.2, 0) is 0 Å².